The van der Waals surface area contributed by atoms with Crippen LogP contribution in [0.15, 0.2) is 59.2 Å². The fraction of sp³-hybridized carbons (Fsp3) is 0.267. The molecule has 0 saturated heterocycles. The second-order valence-electron chi connectivity index (χ2n) is 3.96. The highest BCUT2D eigenvalue weighted by Gasteiger charge is 1.98. The third kappa shape index (κ3) is 3.85. The Morgan fingerprint density at radius 2 is 1.88 bits per heavy atom. The Balaban J connectivity index is 2.76. The molecule has 0 heterocycles. The predicted molar refractivity (Wildman–Crippen MR) is 71.8 cm³/mol. The number of allylic oxidation sites excluding steroid dienone is 2. The second-order valence-corrected chi connectivity index (χ2v) is 3.96. The quantitative estimate of drug-likeness (QED) is 0.526. The van der Waals surface area contributed by atoms with Crippen molar-refractivity contribution < 1.29 is 0 Å². The molecule has 0 aromatic heterocycles. The molecule has 84 valence electrons. The van der Waals surface area contributed by atoms with Gasteiger partial charge >= 0.3 is 0 Å². The molecular weight excluding hydrogens is 194 g/mol. The van der Waals surface area contributed by atoms with E-state index in [1.54, 1.807) is 0 Å². The third-order valence-electron chi connectivity index (χ3n) is 2.32. The second kappa shape index (κ2) is 6.06. The Morgan fingerprint density at radius 1 is 1.25 bits per heavy atom. The van der Waals surface area contributed by atoms with Crippen molar-refractivity contribution >= 4 is 5.71 Å². The van der Waals surface area contributed by atoms with Crippen molar-refractivity contribution in [1.29, 1.82) is 0 Å². The summed E-state index contributed by atoms with van der Waals surface area (Å²) in [6.07, 6.45) is 2.89. The fourth-order valence-electron chi connectivity index (χ4n) is 1.54. The summed E-state index contributed by atoms with van der Waals surface area (Å²) in [5, 5.41) is 0. The van der Waals surface area contributed by atoms with Gasteiger partial charge in [0, 0.05) is 12.1 Å². The molecule has 0 aliphatic rings. The van der Waals surface area contributed by atoms with Crippen molar-refractivity contribution in [3.8, 4) is 0 Å². The van der Waals surface area contributed by atoms with Gasteiger partial charge in [0.15, 0.2) is 0 Å². The molecule has 1 aromatic rings. The van der Waals surface area contributed by atoms with E-state index >= 15 is 0 Å². The van der Waals surface area contributed by atoms with E-state index in [0.29, 0.717) is 0 Å². The summed E-state index contributed by atoms with van der Waals surface area (Å²) in [6, 6.07) is 10.4. The molecule has 1 rings (SSSR count). The average molecular weight is 213 g/mol. The lowest BCUT2D eigenvalue weighted by Crippen LogP contribution is -1.98. The first kappa shape index (κ1) is 12.4. The molecule has 16 heavy (non-hydrogen) atoms. The molecule has 0 saturated carbocycles. The van der Waals surface area contributed by atoms with Gasteiger partial charge in [0.25, 0.3) is 0 Å². The molecule has 1 heteroatoms. The topological polar surface area (TPSA) is 12.4 Å². The lowest BCUT2D eigenvalue weighted by Gasteiger charge is -2.04. The number of hydrogen-bond acceptors (Lipinski definition) is 1. The summed E-state index contributed by atoms with van der Waals surface area (Å²) in [5.41, 5.74) is 4.39. The molecule has 0 aliphatic carbocycles. The smallest absolute Gasteiger partial charge is 0.0609 e. The highest BCUT2D eigenvalue weighted by atomic mass is 14.8. The van der Waals surface area contributed by atoms with Crippen LogP contribution in [0.4, 0.5) is 0 Å². The van der Waals surface area contributed by atoms with Gasteiger partial charge < -0.3 is 0 Å². The number of benzene rings is 1. The zero-order chi connectivity index (χ0) is 12.0. The first-order valence-corrected chi connectivity index (χ1v) is 5.53. The molecular formula is C15H19N. The molecule has 0 aliphatic heterocycles. The maximum Gasteiger partial charge on any atom is 0.0609 e. The first-order chi connectivity index (χ1) is 7.63. The molecule has 0 spiro atoms. The van der Waals surface area contributed by atoms with Gasteiger partial charge in [0.2, 0.25) is 0 Å². The Labute approximate surface area is 98.2 Å². The summed E-state index contributed by atoms with van der Waals surface area (Å²) in [5.74, 6) is 0. The minimum Gasteiger partial charge on any atom is -0.258 e. The van der Waals surface area contributed by atoms with E-state index in [2.05, 4.69) is 42.8 Å². The van der Waals surface area contributed by atoms with Crippen LogP contribution in [0.2, 0.25) is 0 Å². The zero-order valence-electron chi connectivity index (χ0n) is 10.3. The van der Waals surface area contributed by atoms with Crippen molar-refractivity contribution in [2.45, 2.75) is 27.2 Å². The van der Waals surface area contributed by atoms with Crippen LogP contribution in [-0.4, -0.2) is 5.71 Å². The zero-order valence-corrected chi connectivity index (χ0v) is 10.3. The summed E-state index contributed by atoms with van der Waals surface area (Å²) >= 11 is 0. The maximum atomic E-state index is 4.57. The Kier molecular flexibility index (Phi) is 4.71. The molecule has 0 amide bonds. The molecule has 0 fully saturated rings. The SMILES string of the molecule is C=C(C)C(=C/C)/N=C(\C)Cc1ccccc1. The fourth-order valence-corrected chi connectivity index (χ4v) is 1.54. The number of hydrogen-bond donors (Lipinski definition) is 0. The van der Waals surface area contributed by atoms with Crippen LogP contribution < -0.4 is 0 Å². The molecule has 0 radical (unpaired) electrons. The highest BCUT2D eigenvalue weighted by Crippen LogP contribution is 2.10. The van der Waals surface area contributed by atoms with Gasteiger partial charge in [-0.25, -0.2) is 0 Å². The van der Waals surface area contributed by atoms with Gasteiger partial charge in [0.05, 0.1) is 5.70 Å². The average Bonchev–Trinajstić information content (AvgIpc) is 2.27. The highest BCUT2D eigenvalue weighted by molar-refractivity contribution is 5.85. The van der Waals surface area contributed by atoms with Gasteiger partial charge in [-0.05, 0) is 31.9 Å². The molecule has 1 nitrogen and oxygen atoms in total. The van der Waals surface area contributed by atoms with Crippen LogP contribution >= 0.6 is 0 Å². The predicted octanol–water partition coefficient (Wildman–Crippen LogP) is 4.17. The Hall–Kier alpha value is -1.63. The van der Waals surface area contributed by atoms with Gasteiger partial charge in [-0.2, -0.15) is 0 Å². The first-order valence-electron chi connectivity index (χ1n) is 5.53. The molecule has 1 aromatic carbocycles. The Morgan fingerprint density at radius 3 is 2.38 bits per heavy atom. The van der Waals surface area contributed by atoms with Crippen LogP contribution in [0, 0.1) is 0 Å². The number of aliphatic imine (C=N–C) groups is 1. The van der Waals surface area contributed by atoms with Crippen molar-refractivity contribution in [1.82, 2.24) is 0 Å². The van der Waals surface area contributed by atoms with Gasteiger partial charge in [-0.3, -0.25) is 4.99 Å². The minimum absolute atomic E-state index is 0.894. The van der Waals surface area contributed by atoms with Crippen LogP contribution in [0.1, 0.15) is 26.3 Å². The normalized spacial score (nSPS) is 12.7. The third-order valence-corrected chi connectivity index (χ3v) is 2.32. The van der Waals surface area contributed by atoms with Crippen molar-refractivity contribution in [2.24, 2.45) is 4.99 Å². The summed E-state index contributed by atoms with van der Waals surface area (Å²) in [4.78, 5) is 4.57. The largest absolute Gasteiger partial charge is 0.258 e. The van der Waals surface area contributed by atoms with Crippen molar-refractivity contribution in [3.05, 3.63) is 59.8 Å². The molecule has 0 unspecified atom stereocenters. The number of rotatable bonds is 4. The molecule has 0 bridgehead atoms. The van der Waals surface area contributed by atoms with Crippen LogP contribution in [0.25, 0.3) is 0 Å². The van der Waals surface area contributed by atoms with E-state index in [1.807, 2.05) is 26.0 Å². The van der Waals surface area contributed by atoms with Gasteiger partial charge in [-0.1, -0.05) is 43.0 Å². The molecule has 0 N–H and O–H groups in total. The van der Waals surface area contributed by atoms with Crippen molar-refractivity contribution in [3.63, 3.8) is 0 Å². The maximum absolute atomic E-state index is 4.57. The monoisotopic (exact) mass is 213 g/mol. The summed E-state index contributed by atoms with van der Waals surface area (Å²) in [6.45, 7) is 9.94. The number of nitrogens with zero attached hydrogens (tertiary/aromatic N) is 1. The minimum atomic E-state index is 0.894. The van der Waals surface area contributed by atoms with Crippen molar-refractivity contribution in [2.75, 3.05) is 0 Å². The lowest BCUT2D eigenvalue weighted by atomic mass is 10.1. The van der Waals surface area contributed by atoms with Gasteiger partial charge in [0.1, 0.15) is 0 Å². The van der Waals surface area contributed by atoms with E-state index in [-0.39, 0.29) is 0 Å². The van der Waals surface area contributed by atoms with E-state index in [1.165, 1.54) is 5.56 Å². The van der Waals surface area contributed by atoms with E-state index < -0.39 is 0 Å². The van der Waals surface area contributed by atoms with Crippen LogP contribution in [-0.2, 0) is 6.42 Å². The summed E-state index contributed by atoms with van der Waals surface area (Å²) < 4.78 is 0. The van der Waals surface area contributed by atoms with Crippen LogP contribution in [0.5, 0.6) is 0 Å². The lowest BCUT2D eigenvalue weighted by molar-refractivity contribution is 1.22. The van der Waals surface area contributed by atoms with Gasteiger partial charge in [-0.15, -0.1) is 0 Å². The van der Waals surface area contributed by atoms with Crippen LogP contribution in [0.3, 0.4) is 0 Å². The van der Waals surface area contributed by atoms with E-state index in [4.69, 9.17) is 0 Å². The van der Waals surface area contributed by atoms with E-state index in [9.17, 15) is 0 Å². The standard InChI is InChI=1S/C15H19N/c1-5-15(12(2)3)16-13(4)11-14-9-7-6-8-10-14/h5-10H,2,11H2,1,3-4H3/b15-5-,16-13+. The summed E-state index contributed by atoms with van der Waals surface area (Å²) in [7, 11) is 0. The molecule has 0 atom stereocenters. The van der Waals surface area contributed by atoms with E-state index in [0.717, 1.165) is 23.4 Å². The Bertz CT molecular complexity index is 410.